The van der Waals surface area contributed by atoms with Crippen molar-refractivity contribution in [3.8, 4) is 11.5 Å². The first kappa shape index (κ1) is 19.4. The molecule has 1 aliphatic rings. The first-order valence-electron chi connectivity index (χ1n) is 8.95. The molecule has 0 amide bonds. The molecule has 0 fully saturated rings. The molecule has 0 saturated heterocycles. The summed E-state index contributed by atoms with van der Waals surface area (Å²) in [6.45, 7) is 4.29. The highest BCUT2D eigenvalue weighted by atomic mass is 32.2. The summed E-state index contributed by atoms with van der Waals surface area (Å²) in [5.41, 5.74) is 8.28. The maximum absolute atomic E-state index is 13.0. The monoisotopic (exact) mass is 385 g/mol. The molecule has 0 spiro atoms. The quantitative estimate of drug-likeness (QED) is 0.767. The molecule has 0 bridgehead atoms. The van der Waals surface area contributed by atoms with Crippen molar-refractivity contribution in [3.05, 3.63) is 78.0 Å². The van der Waals surface area contributed by atoms with E-state index >= 15 is 0 Å². The Morgan fingerprint density at radius 1 is 1.11 bits per heavy atom. The number of nitrogens with zero attached hydrogens (tertiary/aromatic N) is 1. The van der Waals surface area contributed by atoms with Crippen LogP contribution in [0.5, 0.6) is 11.5 Å². The van der Waals surface area contributed by atoms with Gasteiger partial charge < -0.3 is 10.5 Å². The van der Waals surface area contributed by atoms with Crippen LogP contribution in [0.25, 0.3) is 0 Å². The molecule has 2 N–H and O–H groups in total. The van der Waals surface area contributed by atoms with Gasteiger partial charge in [-0.15, -0.1) is 0 Å². The number of sulfonamides is 1. The molecule has 1 unspecified atom stereocenters. The van der Waals surface area contributed by atoms with Crippen molar-refractivity contribution in [2.45, 2.75) is 13.8 Å². The third-order valence-electron chi connectivity index (χ3n) is 4.77. The molecule has 1 heterocycles. The third kappa shape index (κ3) is 3.69. The summed E-state index contributed by atoms with van der Waals surface area (Å²) < 4.78 is 31.6. The molecule has 0 saturated carbocycles. The Hall–Kier alpha value is -2.41. The van der Waals surface area contributed by atoms with Crippen LogP contribution in [0.4, 0.5) is 5.69 Å². The van der Waals surface area contributed by atoms with Gasteiger partial charge in [0.25, 0.3) is 0 Å². The van der Waals surface area contributed by atoms with Crippen molar-refractivity contribution in [2.75, 3.05) is 18.8 Å². The fourth-order valence-corrected chi connectivity index (χ4v) is 4.69. The molecule has 1 atom stereocenters. The summed E-state index contributed by atoms with van der Waals surface area (Å²) in [4.78, 5) is 0. The Morgan fingerprint density at radius 3 is 2.44 bits per heavy atom. The third-order valence-corrected chi connectivity index (χ3v) is 6.96. The average Bonchev–Trinajstić information content (AvgIpc) is 2.70. The molecule has 5 nitrogen and oxygen atoms in total. The minimum atomic E-state index is -3.44. The maximum Gasteiger partial charge on any atom is 0.306 e. The van der Waals surface area contributed by atoms with Gasteiger partial charge in [0, 0.05) is 24.3 Å². The second kappa shape index (κ2) is 7.68. The predicted molar refractivity (Wildman–Crippen MR) is 110 cm³/mol. The highest BCUT2D eigenvalue weighted by molar-refractivity contribution is 7.91. The van der Waals surface area contributed by atoms with Gasteiger partial charge in [-0.25, -0.2) is 0 Å². The van der Waals surface area contributed by atoms with Gasteiger partial charge in [0.2, 0.25) is 0 Å². The molecule has 0 radical (unpaired) electrons. The van der Waals surface area contributed by atoms with Gasteiger partial charge in [-0.3, -0.25) is 0 Å². The van der Waals surface area contributed by atoms with E-state index in [1.54, 1.807) is 25.3 Å². The fourth-order valence-electron chi connectivity index (χ4n) is 3.17. The minimum absolute atomic E-state index is 0.0383. The number of rotatable bonds is 6. The van der Waals surface area contributed by atoms with Gasteiger partial charge in [0.15, 0.2) is 5.69 Å². The van der Waals surface area contributed by atoms with E-state index in [2.05, 4.69) is 0 Å². The molecule has 6 heteroatoms. The summed E-state index contributed by atoms with van der Waals surface area (Å²) in [6, 6.07) is 15.0. The summed E-state index contributed by atoms with van der Waals surface area (Å²) in [5, 5.41) is 0. The molecule has 0 aromatic heterocycles. The molecule has 27 heavy (non-hydrogen) atoms. The first-order valence-corrected chi connectivity index (χ1v) is 10.6. The summed E-state index contributed by atoms with van der Waals surface area (Å²) in [5.74, 6) is 1.48. The van der Waals surface area contributed by atoms with Crippen LogP contribution < -0.4 is 14.4 Å². The van der Waals surface area contributed by atoms with Crippen LogP contribution in [0, 0.1) is 6.92 Å². The van der Waals surface area contributed by atoms with Crippen LogP contribution in [-0.4, -0.2) is 27.3 Å². The second-order valence-corrected chi connectivity index (χ2v) is 8.91. The largest absolute Gasteiger partial charge is 0.457 e. The number of quaternary nitrogens is 1. The van der Waals surface area contributed by atoms with Gasteiger partial charge >= 0.3 is 10.0 Å². The van der Waals surface area contributed by atoms with E-state index in [0.717, 1.165) is 16.9 Å². The molecule has 1 aliphatic heterocycles. The molecule has 0 aliphatic carbocycles. The second-order valence-electron chi connectivity index (χ2n) is 6.52. The Morgan fingerprint density at radius 2 is 1.81 bits per heavy atom. The maximum atomic E-state index is 13.0. The number of nitrogens with two attached hydrogens (primary N) is 1. The zero-order chi connectivity index (χ0) is 19.5. The molecule has 2 aromatic carbocycles. The zero-order valence-corrected chi connectivity index (χ0v) is 16.4. The van der Waals surface area contributed by atoms with Gasteiger partial charge in [-0.2, -0.15) is 12.3 Å². The lowest BCUT2D eigenvalue weighted by molar-refractivity contribution is 0.477. The van der Waals surface area contributed by atoms with E-state index in [0.29, 0.717) is 24.5 Å². The van der Waals surface area contributed by atoms with E-state index in [9.17, 15) is 8.42 Å². The summed E-state index contributed by atoms with van der Waals surface area (Å²) >= 11 is 0. The van der Waals surface area contributed by atoms with Crippen LogP contribution in [0.3, 0.4) is 0 Å². The van der Waals surface area contributed by atoms with Gasteiger partial charge in [0.1, 0.15) is 24.2 Å². The normalized spacial score (nSPS) is 19.6. The summed E-state index contributed by atoms with van der Waals surface area (Å²) in [7, 11) is -3.44. The van der Waals surface area contributed by atoms with E-state index in [1.165, 1.54) is 0 Å². The van der Waals surface area contributed by atoms with E-state index in [4.69, 9.17) is 10.5 Å². The summed E-state index contributed by atoms with van der Waals surface area (Å²) in [6.07, 6.45) is 5.50. The number of ether oxygens (including phenoxy) is 1. The lowest BCUT2D eigenvalue weighted by atomic mass is 10.2. The highest BCUT2D eigenvalue weighted by Crippen LogP contribution is 2.35. The Bertz CT molecular complexity index is 979. The van der Waals surface area contributed by atoms with Crippen LogP contribution in [0.15, 0.2) is 72.5 Å². The van der Waals surface area contributed by atoms with Crippen LogP contribution in [0.2, 0.25) is 0 Å². The van der Waals surface area contributed by atoms with Gasteiger partial charge in [-0.05, 0) is 43.7 Å². The smallest absolute Gasteiger partial charge is 0.306 e. The molecule has 3 rings (SSSR count). The lowest BCUT2D eigenvalue weighted by Gasteiger charge is -2.34. The lowest BCUT2D eigenvalue weighted by Crippen LogP contribution is -2.51. The van der Waals surface area contributed by atoms with Gasteiger partial charge in [0.05, 0.1) is 5.75 Å². The Kier molecular flexibility index (Phi) is 5.51. The topological polar surface area (TPSA) is 69.4 Å². The Labute approximate surface area is 161 Å². The number of para-hydroxylation sites is 1. The number of aryl methyl sites for hydroxylation is 1. The standard InChI is InChI=1S/C21H25N2O3S/c1-3-27(24,25)23(14-6-8-18(15-22)16-23)19-10-12-20(13-11-19)26-21-9-5-4-7-17(21)2/h4-13,16H,3,14-15,22H2,1-2H3/q+1. The average molecular weight is 386 g/mol. The van der Waals surface area contributed by atoms with Crippen LogP contribution in [-0.2, 0) is 10.0 Å². The van der Waals surface area contributed by atoms with Crippen molar-refractivity contribution < 1.29 is 13.2 Å². The van der Waals surface area contributed by atoms with Crippen molar-refractivity contribution in [1.82, 2.24) is 3.89 Å². The zero-order valence-electron chi connectivity index (χ0n) is 15.6. The van der Waals surface area contributed by atoms with Gasteiger partial charge in [-0.1, -0.05) is 24.3 Å². The number of hydrogen-bond acceptors (Lipinski definition) is 4. The minimum Gasteiger partial charge on any atom is -0.457 e. The molecular weight excluding hydrogens is 360 g/mol. The Balaban J connectivity index is 1.99. The predicted octanol–water partition coefficient (Wildman–Crippen LogP) is 3.86. The van der Waals surface area contributed by atoms with Crippen LogP contribution >= 0.6 is 0 Å². The number of hydrogen-bond donors (Lipinski definition) is 1. The number of benzene rings is 2. The van der Waals surface area contributed by atoms with Crippen molar-refractivity contribution in [3.63, 3.8) is 0 Å². The molecule has 2 aromatic rings. The molecule has 142 valence electrons. The fraction of sp³-hybridized carbons (Fsp3) is 0.238. The van der Waals surface area contributed by atoms with E-state index in [-0.39, 0.29) is 9.64 Å². The van der Waals surface area contributed by atoms with Crippen LogP contribution in [0.1, 0.15) is 12.5 Å². The first-order chi connectivity index (χ1) is 12.9. The van der Waals surface area contributed by atoms with Crippen molar-refractivity contribution in [2.24, 2.45) is 5.73 Å². The van der Waals surface area contributed by atoms with E-state index < -0.39 is 10.0 Å². The van der Waals surface area contributed by atoms with Crippen molar-refractivity contribution >= 4 is 15.7 Å². The van der Waals surface area contributed by atoms with Crippen molar-refractivity contribution in [1.29, 1.82) is 0 Å². The SMILES string of the molecule is CCS(=O)(=O)[N+]1(c2ccc(Oc3ccccc3C)cc2)C=C(CN)C=CC1. The highest BCUT2D eigenvalue weighted by Gasteiger charge is 2.42. The molecular formula is C21H25N2O3S+. The van der Waals surface area contributed by atoms with E-state index in [1.807, 2.05) is 55.5 Å².